The molecule has 2 aromatic heterocycles. The zero-order valence-corrected chi connectivity index (χ0v) is 14.6. The summed E-state index contributed by atoms with van der Waals surface area (Å²) >= 11 is 0. The average molecular weight is 384 g/mol. The van der Waals surface area contributed by atoms with Gasteiger partial charge in [0.2, 0.25) is 0 Å². The molecule has 8 heteroatoms. The Bertz CT molecular complexity index is 1050. The molecule has 4 rings (SSSR count). The lowest BCUT2D eigenvalue weighted by Crippen LogP contribution is -2.32. The molecule has 1 N–H and O–H groups in total. The number of carbonyl (C=O) groups excluding carboxylic acids is 1. The van der Waals surface area contributed by atoms with Gasteiger partial charge in [0.15, 0.2) is 0 Å². The molecule has 1 aromatic carbocycles. The van der Waals surface area contributed by atoms with E-state index >= 15 is 0 Å². The molecular formula is C20H15F3N4O. The summed E-state index contributed by atoms with van der Waals surface area (Å²) in [5.74, 6) is -0.150. The minimum Gasteiger partial charge on any atom is -0.352 e. The molecule has 0 spiro atoms. The van der Waals surface area contributed by atoms with E-state index in [0.717, 1.165) is 17.7 Å². The number of aromatic nitrogens is 3. The molecule has 1 aliphatic rings. The van der Waals surface area contributed by atoms with Gasteiger partial charge in [-0.15, -0.1) is 0 Å². The number of carbonyl (C=O) groups is 1. The van der Waals surface area contributed by atoms with Crippen molar-refractivity contribution in [2.24, 2.45) is 0 Å². The molecule has 0 unspecified atom stereocenters. The predicted octanol–water partition coefficient (Wildman–Crippen LogP) is 3.43. The number of fused-ring (bicyclic) bond motifs is 1. The fraction of sp³-hybridized carbons (Fsp3) is 0.200. The highest BCUT2D eigenvalue weighted by molar-refractivity contribution is 5.98. The Morgan fingerprint density at radius 3 is 2.75 bits per heavy atom. The number of amides is 1. The molecular weight excluding hydrogens is 369 g/mol. The average Bonchev–Trinajstić information content (AvgIpc) is 2.68. The number of rotatable bonds is 3. The van der Waals surface area contributed by atoms with Gasteiger partial charge in [-0.3, -0.25) is 9.78 Å². The van der Waals surface area contributed by atoms with Crippen molar-refractivity contribution in [3.8, 4) is 11.4 Å². The predicted molar refractivity (Wildman–Crippen MR) is 95.6 cm³/mol. The maximum atomic E-state index is 12.9. The van der Waals surface area contributed by atoms with Crippen LogP contribution in [0.25, 0.3) is 11.4 Å². The molecule has 1 amide bonds. The maximum Gasteiger partial charge on any atom is 0.416 e. The lowest BCUT2D eigenvalue weighted by atomic mass is 9.97. The number of hydrogen-bond donors (Lipinski definition) is 1. The van der Waals surface area contributed by atoms with E-state index in [1.54, 1.807) is 24.4 Å². The number of benzene rings is 1. The maximum absolute atomic E-state index is 12.9. The molecule has 0 saturated heterocycles. The van der Waals surface area contributed by atoms with Crippen LogP contribution in [0.4, 0.5) is 13.2 Å². The van der Waals surface area contributed by atoms with Gasteiger partial charge in [-0.05, 0) is 35.7 Å². The van der Waals surface area contributed by atoms with Crippen LogP contribution in [0.1, 0.15) is 32.7 Å². The van der Waals surface area contributed by atoms with Gasteiger partial charge in [0, 0.05) is 30.4 Å². The zero-order valence-electron chi connectivity index (χ0n) is 14.6. The number of halogens is 3. The third-order valence-corrected chi connectivity index (χ3v) is 4.57. The summed E-state index contributed by atoms with van der Waals surface area (Å²) in [7, 11) is 0. The van der Waals surface area contributed by atoms with Crippen LogP contribution in [-0.4, -0.2) is 27.4 Å². The molecule has 0 radical (unpaired) electrons. The Morgan fingerprint density at radius 2 is 1.93 bits per heavy atom. The van der Waals surface area contributed by atoms with Crippen molar-refractivity contribution in [1.82, 2.24) is 20.3 Å². The van der Waals surface area contributed by atoms with E-state index in [4.69, 9.17) is 0 Å². The van der Waals surface area contributed by atoms with Crippen molar-refractivity contribution in [2.45, 2.75) is 19.0 Å². The Labute approximate surface area is 158 Å². The van der Waals surface area contributed by atoms with Gasteiger partial charge in [0.05, 0.1) is 17.0 Å². The van der Waals surface area contributed by atoms with E-state index in [1.807, 2.05) is 0 Å². The van der Waals surface area contributed by atoms with Crippen LogP contribution in [0.2, 0.25) is 0 Å². The molecule has 0 saturated carbocycles. The number of alkyl halides is 3. The van der Waals surface area contributed by atoms with Crippen LogP contribution in [0.5, 0.6) is 0 Å². The van der Waals surface area contributed by atoms with Crippen LogP contribution in [0, 0.1) is 0 Å². The minimum absolute atomic E-state index is 0.150. The van der Waals surface area contributed by atoms with Crippen LogP contribution in [0.3, 0.4) is 0 Å². The summed E-state index contributed by atoms with van der Waals surface area (Å²) in [5.41, 5.74) is 2.91. The zero-order chi connectivity index (χ0) is 19.7. The summed E-state index contributed by atoms with van der Waals surface area (Å²) < 4.78 is 38.8. The largest absolute Gasteiger partial charge is 0.416 e. The van der Waals surface area contributed by atoms with Crippen molar-refractivity contribution in [2.75, 3.05) is 6.54 Å². The number of hydrogen-bond acceptors (Lipinski definition) is 4. The topological polar surface area (TPSA) is 67.8 Å². The number of nitrogens with one attached hydrogen (secondary N) is 1. The number of nitrogens with zero attached hydrogens (tertiary/aromatic N) is 3. The summed E-state index contributed by atoms with van der Waals surface area (Å²) in [6, 6.07) is 8.54. The molecule has 3 aromatic rings. The summed E-state index contributed by atoms with van der Waals surface area (Å²) in [4.78, 5) is 24.8. The van der Waals surface area contributed by atoms with Gasteiger partial charge in [0.1, 0.15) is 6.33 Å². The van der Waals surface area contributed by atoms with Crippen molar-refractivity contribution in [3.63, 3.8) is 0 Å². The Kier molecular flexibility index (Phi) is 4.54. The minimum atomic E-state index is -4.39. The molecule has 0 atom stereocenters. The molecule has 5 nitrogen and oxygen atoms in total. The third-order valence-electron chi connectivity index (χ3n) is 4.57. The molecule has 1 aliphatic heterocycles. The summed E-state index contributed by atoms with van der Waals surface area (Å²) in [6.45, 7) is 0.521. The van der Waals surface area contributed by atoms with Crippen LogP contribution < -0.4 is 5.32 Å². The lowest BCUT2D eigenvalue weighted by molar-refractivity contribution is -0.137. The van der Waals surface area contributed by atoms with E-state index in [-0.39, 0.29) is 12.3 Å². The van der Waals surface area contributed by atoms with Crippen LogP contribution in [-0.2, 0) is 19.0 Å². The van der Waals surface area contributed by atoms with E-state index in [1.165, 1.54) is 12.4 Å². The SMILES string of the molecule is O=C1NCCc2c1ccnc2-c1cc(Cc2cccc(C(F)(F)F)c2)ncn1. The van der Waals surface area contributed by atoms with Gasteiger partial charge < -0.3 is 5.32 Å². The Hall–Kier alpha value is -3.29. The van der Waals surface area contributed by atoms with Gasteiger partial charge >= 0.3 is 6.18 Å². The summed E-state index contributed by atoms with van der Waals surface area (Å²) in [5, 5.41) is 2.79. The highest BCUT2D eigenvalue weighted by Gasteiger charge is 2.30. The molecule has 28 heavy (non-hydrogen) atoms. The lowest BCUT2D eigenvalue weighted by Gasteiger charge is -2.18. The third kappa shape index (κ3) is 3.58. The summed E-state index contributed by atoms with van der Waals surface area (Å²) in [6.07, 6.45) is -0.609. The van der Waals surface area contributed by atoms with Gasteiger partial charge in [0.25, 0.3) is 5.91 Å². The number of pyridine rings is 1. The monoisotopic (exact) mass is 384 g/mol. The molecule has 0 aliphatic carbocycles. The standard InChI is InChI=1S/C20H15F3N4O/c21-20(22,23)13-3-1-2-12(8-13)9-14-10-17(27-11-26-14)18-15-4-7-25-19(28)16(15)5-6-24-18/h1-3,5-6,8,10-11H,4,7,9H2,(H,25,28). The van der Waals surface area contributed by atoms with Crippen molar-refractivity contribution < 1.29 is 18.0 Å². The van der Waals surface area contributed by atoms with Gasteiger partial charge in [-0.1, -0.05) is 18.2 Å². The second-order valence-corrected chi connectivity index (χ2v) is 6.46. The normalized spacial score (nSPS) is 13.8. The molecule has 0 bridgehead atoms. The second kappa shape index (κ2) is 7.03. The van der Waals surface area contributed by atoms with Gasteiger partial charge in [-0.25, -0.2) is 9.97 Å². The van der Waals surface area contributed by atoms with Crippen molar-refractivity contribution >= 4 is 5.91 Å². The molecule has 0 fully saturated rings. The smallest absolute Gasteiger partial charge is 0.352 e. The quantitative estimate of drug-likeness (QED) is 0.751. The fourth-order valence-corrected chi connectivity index (χ4v) is 3.27. The highest BCUT2D eigenvalue weighted by Crippen LogP contribution is 2.30. The van der Waals surface area contributed by atoms with Gasteiger partial charge in [-0.2, -0.15) is 13.2 Å². The molecule has 142 valence electrons. The van der Waals surface area contributed by atoms with E-state index in [2.05, 4.69) is 20.3 Å². The first kappa shape index (κ1) is 18.1. The first-order chi connectivity index (χ1) is 13.4. The first-order valence-corrected chi connectivity index (χ1v) is 8.65. The van der Waals surface area contributed by atoms with Crippen LogP contribution >= 0.6 is 0 Å². The van der Waals surface area contributed by atoms with Crippen molar-refractivity contribution in [3.05, 3.63) is 76.9 Å². The molecule has 3 heterocycles. The highest BCUT2D eigenvalue weighted by atomic mass is 19.4. The van der Waals surface area contributed by atoms with Crippen LogP contribution in [0.15, 0.2) is 48.9 Å². The second-order valence-electron chi connectivity index (χ2n) is 6.46. The Balaban J connectivity index is 1.67. The Morgan fingerprint density at radius 1 is 1.07 bits per heavy atom. The van der Waals surface area contributed by atoms with E-state index < -0.39 is 11.7 Å². The van der Waals surface area contributed by atoms with E-state index in [0.29, 0.717) is 41.2 Å². The fourth-order valence-electron chi connectivity index (χ4n) is 3.27. The van der Waals surface area contributed by atoms with E-state index in [9.17, 15) is 18.0 Å². The van der Waals surface area contributed by atoms with Crippen molar-refractivity contribution in [1.29, 1.82) is 0 Å². The first-order valence-electron chi connectivity index (χ1n) is 8.65.